The fraction of sp³-hybridized carbons (Fsp3) is 0.333. The van der Waals surface area contributed by atoms with Crippen LogP contribution in [-0.2, 0) is 10.6 Å². The van der Waals surface area contributed by atoms with E-state index in [-0.39, 0.29) is 17.0 Å². The summed E-state index contributed by atoms with van der Waals surface area (Å²) < 4.78 is 29.4. The van der Waals surface area contributed by atoms with Gasteiger partial charge in [-0.2, -0.15) is 0 Å². The number of rotatable bonds is 3. The fourth-order valence-electron chi connectivity index (χ4n) is 1.14. The van der Waals surface area contributed by atoms with E-state index in [0.29, 0.717) is 0 Å². The van der Waals surface area contributed by atoms with Gasteiger partial charge in [-0.1, -0.05) is 0 Å². The number of halogens is 3. The molecule has 0 bridgehead atoms. The minimum absolute atomic E-state index is 0.0338. The molecular weight excluding hydrogens is 244 g/mol. The van der Waals surface area contributed by atoms with E-state index >= 15 is 0 Å². The Kier molecular flexibility index (Phi) is 4.00. The van der Waals surface area contributed by atoms with E-state index in [2.05, 4.69) is 4.74 Å². The van der Waals surface area contributed by atoms with Crippen LogP contribution >= 0.6 is 11.6 Å². The number of nitrogens with one attached hydrogen (secondary N) is 1. The molecular formula is C9H8ClF2NO3. The molecule has 0 spiro atoms. The number of aromatic nitrogens is 1. The van der Waals surface area contributed by atoms with Gasteiger partial charge in [-0.15, -0.1) is 11.6 Å². The molecule has 0 unspecified atom stereocenters. The van der Waals surface area contributed by atoms with Crippen LogP contribution in [0.2, 0.25) is 0 Å². The van der Waals surface area contributed by atoms with Crippen molar-refractivity contribution >= 4 is 17.6 Å². The first-order valence-electron chi connectivity index (χ1n) is 4.19. The molecule has 16 heavy (non-hydrogen) atoms. The van der Waals surface area contributed by atoms with Gasteiger partial charge in [0.1, 0.15) is 0 Å². The molecule has 1 N–H and O–H groups in total. The normalized spacial score (nSPS) is 10.6. The zero-order chi connectivity index (χ0) is 12.3. The molecule has 0 aromatic carbocycles. The van der Waals surface area contributed by atoms with Crippen LogP contribution in [0, 0.1) is 0 Å². The molecule has 0 saturated heterocycles. The lowest BCUT2D eigenvalue weighted by Crippen LogP contribution is -2.19. The molecule has 88 valence electrons. The maximum Gasteiger partial charge on any atom is 0.339 e. The number of ether oxygens (including phenoxy) is 1. The third kappa shape index (κ3) is 2.38. The van der Waals surface area contributed by atoms with Gasteiger partial charge in [-0.3, -0.25) is 4.79 Å². The van der Waals surface area contributed by atoms with Crippen molar-refractivity contribution in [3.63, 3.8) is 0 Å². The highest BCUT2D eigenvalue weighted by molar-refractivity contribution is 6.17. The Labute approximate surface area is 94.2 Å². The highest BCUT2D eigenvalue weighted by Gasteiger charge is 2.21. The van der Waals surface area contributed by atoms with Crippen LogP contribution in [0.5, 0.6) is 0 Å². The number of methoxy groups -OCH3 is 1. The number of pyridine rings is 1. The monoisotopic (exact) mass is 251 g/mol. The van der Waals surface area contributed by atoms with Gasteiger partial charge in [0.2, 0.25) is 0 Å². The van der Waals surface area contributed by atoms with E-state index in [1.165, 1.54) is 0 Å². The van der Waals surface area contributed by atoms with Crippen LogP contribution in [0.1, 0.15) is 28.0 Å². The highest BCUT2D eigenvalue weighted by Crippen LogP contribution is 2.21. The van der Waals surface area contributed by atoms with Crippen LogP contribution in [-0.4, -0.2) is 18.1 Å². The van der Waals surface area contributed by atoms with E-state index in [4.69, 9.17) is 11.6 Å². The second-order valence-corrected chi connectivity index (χ2v) is 3.14. The van der Waals surface area contributed by atoms with Crippen LogP contribution in [0.25, 0.3) is 0 Å². The van der Waals surface area contributed by atoms with E-state index in [1.807, 2.05) is 4.98 Å². The topological polar surface area (TPSA) is 59.2 Å². The summed E-state index contributed by atoms with van der Waals surface area (Å²) in [5, 5.41) is 0. The zero-order valence-electron chi connectivity index (χ0n) is 8.22. The Morgan fingerprint density at radius 1 is 1.62 bits per heavy atom. The molecule has 0 amide bonds. The Morgan fingerprint density at radius 2 is 2.25 bits per heavy atom. The molecule has 7 heteroatoms. The predicted molar refractivity (Wildman–Crippen MR) is 52.9 cm³/mol. The first kappa shape index (κ1) is 12.6. The third-order valence-corrected chi connectivity index (χ3v) is 2.20. The van der Waals surface area contributed by atoms with E-state index < -0.39 is 23.6 Å². The van der Waals surface area contributed by atoms with Gasteiger partial charge < -0.3 is 9.72 Å². The summed E-state index contributed by atoms with van der Waals surface area (Å²) in [6, 6.07) is 1.01. The smallest absolute Gasteiger partial charge is 0.339 e. The number of aromatic amines is 1. The quantitative estimate of drug-likeness (QED) is 0.659. The SMILES string of the molecule is COC(=O)c1cc(CCl)c(=O)[nH]c1C(F)F. The summed E-state index contributed by atoms with van der Waals surface area (Å²) in [5.41, 5.74) is -1.84. The summed E-state index contributed by atoms with van der Waals surface area (Å²) in [6.07, 6.45) is -2.97. The van der Waals surface area contributed by atoms with Crippen LogP contribution in [0.15, 0.2) is 10.9 Å². The van der Waals surface area contributed by atoms with Gasteiger partial charge in [-0.25, -0.2) is 13.6 Å². The van der Waals surface area contributed by atoms with E-state index in [9.17, 15) is 18.4 Å². The first-order valence-corrected chi connectivity index (χ1v) is 4.73. The van der Waals surface area contributed by atoms with Crippen molar-refractivity contribution in [1.29, 1.82) is 0 Å². The van der Waals surface area contributed by atoms with Gasteiger partial charge in [0.05, 0.1) is 24.2 Å². The molecule has 0 aliphatic carbocycles. The summed E-state index contributed by atoms with van der Waals surface area (Å²) in [4.78, 5) is 24.3. The number of carbonyl (C=O) groups excluding carboxylic acids is 1. The fourth-order valence-corrected chi connectivity index (χ4v) is 1.34. The first-order chi connectivity index (χ1) is 7.51. The average molecular weight is 252 g/mol. The number of esters is 1. The predicted octanol–water partition coefficient (Wildman–Crippen LogP) is 1.84. The van der Waals surface area contributed by atoms with Crippen LogP contribution in [0.3, 0.4) is 0 Å². The molecule has 0 radical (unpaired) electrons. The molecule has 0 aliphatic heterocycles. The Balaban J connectivity index is 3.42. The zero-order valence-corrected chi connectivity index (χ0v) is 8.98. The molecule has 4 nitrogen and oxygen atoms in total. The largest absolute Gasteiger partial charge is 0.465 e. The molecule has 1 aromatic rings. The van der Waals surface area contributed by atoms with Crippen molar-refractivity contribution in [3.8, 4) is 0 Å². The average Bonchev–Trinajstić information content (AvgIpc) is 2.27. The van der Waals surface area contributed by atoms with Crippen LogP contribution < -0.4 is 5.56 Å². The number of carbonyl (C=O) groups is 1. The minimum Gasteiger partial charge on any atom is -0.465 e. The lowest BCUT2D eigenvalue weighted by Gasteiger charge is -2.07. The third-order valence-electron chi connectivity index (χ3n) is 1.92. The summed E-state index contributed by atoms with van der Waals surface area (Å²) in [6.45, 7) is 0. The molecule has 0 aliphatic rings. The highest BCUT2D eigenvalue weighted by atomic mass is 35.5. The van der Waals surface area contributed by atoms with Gasteiger partial charge in [-0.05, 0) is 6.07 Å². The molecule has 0 saturated carbocycles. The molecule has 0 fully saturated rings. The lowest BCUT2D eigenvalue weighted by molar-refractivity contribution is 0.0587. The molecule has 0 atom stereocenters. The van der Waals surface area contributed by atoms with Crippen molar-refractivity contribution in [3.05, 3.63) is 33.2 Å². The maximum atomic E-state index is 12.5. The minimum atomic E-state index is -2.97. The molecule has 1 rings (SSSR count). The van der Waals surface area contributed by atoms with Gasteiger partial charge in [0, 0.05) is 5.56 Å². The summed E-state index contributed by atoms with van der Waals surface area (Å²) >= 11 is 5.42. The maximum absolute atomic E-state index is 12.5. The van der Waals surface area contributed by atoms with Gasteiger partial charge >= 0.3 is 5.97 Å². The van der Waals surface area contributed by atoms with Crippen molar-refractivity contribution in [2.75, 3.05) is 7.11 Å². The van der Waals surface area contributed by atoms with E-state index in [1.54, 1.807) is 0 Å². The Morgan fingerprint density at radius 3 is 2.69 bits per heavy atom. The van der Waals surface area contributed by atoms with Crippen molar-refractivity contribution in [2.24, 2.45) is 0 Å². The second kappa shape index (κ2) is 5.07. The Hall–Kier alpha value is -1.43. The van der Waals surface area contributed by atoms with Crippen molar-refractivity contribution < 1.29 is 18.3 Å². The van der Waals surface area contributed by atoms with Crippen LogP contribution in [0.4, 0.5) is 8.78 Å². The second-order valence-electron chi connectivity index (χ2n) is 2.88. The summed E-state index contributed by atoms with van der Waals surface area (Å²) in [7, 11) is 1.06. The molecule has 1 heterocycles. The number of alkyl halides is 3. The van der Waals surface area contributed by atoms with E-state index in [0.717, 1.165) is 13.2 Å². The molecule has 1 aromatic heterocycles. The standard InChI is InChI=1S/C9H8ClF2NO3/c1-16-9(15)5-2-4(3-10)8(14)13-6(5)7(11)12/h2,7H,3H2,1H3,(H,13,14). The van der Waals surface area contributed by atoms with Gasteiger partial charge in [0.25, 0.3) is 12.0 Å². The van der Waals surface area contributed by atoms with Crippen molar-refractivity contribution in [2.45, 2.75) is 12.3 Å². The summed E-state index contributed by atoms with van der Waals surface area (Å²) in [5.74, 6) is -1.12. The Bertz CT molecular complexity index is 459. The van der Waals surface area contributed by atoms with Gasteiger partial charge in [0.15, 0.2) is 0 Å². The number of hydrogen-bond donors (Lipinski definition) is 1. The lowest BCUT2D eigenvalue weighted by atomic mass is 10.1. The number of H-pyrrole nitrogens is 1. The van der Waals surface area contributed by atoms with Crippen molar-refractivity contribution in [1.82, 2.24) is 4.98 Å². The number of hydrogen-bond acceptors (Lipinski definition) is 3.